The fourth-order valence-electron chi connectivity index (χ4n) is 4.07. The molecule has 166 valence electrons. The fourth-order valence-corrected chi connectivity index (χ4v) is 4.07. The molecule has 0 aromatic heterocycles. The highest BCUT2D eigenvalue weighted by Gasteiger charge is 2.24. The maximum Gasteiger partial charge on any atom is 0.306 e. The van der Waals surface area contributed by atoms with Gasteiger partial charge in [-0.1, -0.05) is 36.4 Å². The van der Waals surface area contributed by atoms with E-state index in [-0.39, 0.29) is 11.9 Å². The molecule has 1 heterocycles. The van der Waals surface area contributed by atoms with Crippen LogP contribution in [0.4, 0.5) is 0 Å². The van der Waals surface area contributed by atoms with E-state index in [1.54, 1.807) is 14.2 Å². The van der Waals surface area contributed by atoms with Gasteiger partial charge < -0.3 is 19.1 Å². The van der Waals surface area contributed by atoms with Crippen LogP contribution in [0.3, 0.4) is 0 Å². The van der Waals surface area contributed by atoms with Crippen molar-refractivity contribution in [1.82, 2.24) is 4.90 Å². The lowest BCUT2D eigenvalue weighted by atomic mass is 9.86. The van der Waals surface area contributed by atoms with Gasteiger partial charge in [0.05, 0.1) is 27.2 Å². The molecule has 31 heavy (non-hydrogen) atoms. The Morgan fingerprint density at radius 2 is 1.81 bits per heavy atom. The normalized spacial score (nSPS) is 15.9. The molecule has 0 amide bonds. The standard InChI is InChI=1S/C26H33NO4/c1-4-31-26(28)18-22-13-15-27(19-23(22)16-20-8-6-5-7-9-20)14-12-21-10-11-24(29-2)25(17-21)30-3/h5-11,17,19,22H,4,12-16,18H2,1-3H3. The number of carbonyl (C=O) groups is 1. The molecule has 5 nitrogen and oxygen atoms in total. The number of ether oxygens (including phenoxy) is 3. The Labute approximate surface area is 185 Å². The van der Waals surface area contributed by atoms with E-state index in [1.807, 2.05) is 25.1 Å². The van der Waals surface area contributed by atoms with Gasteiger partial charge >= 0.3 is 5.97 Å². The zero-order chi connectivity index (χ0) is 22.1. The highest BCUT2D eigenvalue weighted by molar-refractivity contribution is 5.70. The monoisotopic (exact) mass is 423 g/mol. The van der Waals surface area contributed by atoms with Crippen molar-refractivity contribution in [3.8, 4) is 11.5 Å². The van der Waals surface area contributed by atoms with Gasteiger partial charge in [0.1, 0.15) is 0 Å². The number of nitrogens with zero attached hydrogens (tertiary/aromatic N) is 1. The zero-order valence-electron chi connectivity index (χ0n) is 18.8. The minimum atomic E-state index is -0.106. The summed E-state index contributed by atoms with van der Waals surface area (Å²) in [5, 5.41) is 0. The highest BCUT2D eigenvalue weighted by Crippen LogP contribution is 2.30. The molecule has 0 saturated carbocycles. The van der Waals surface area contributed by atoms with E-state index < -0.39 is 0 Å². The van der Waals surface area contributed by atoms with Gasteiger partial charge in [-0.15, -0.1) is 0 Å². The van der Waals surface area contributed by atoms with E-state index in [2.05, 4.69) is 41.4 Å². The van der Waals surface area contributed by atoms with E-state index in [4.69, 9.17) is 14.2 Å². The van der Waals surface area contributed by atoms with E-state index in [9.17, 15) is 4.79 Å². The zero-order valence-corrected chi connectivity index (χ0v) is 18.8. The van der Waals surface area contributed by atoms with Crippen LogP contribution < -0.4 is 9.47 Å². The van der Waals surface area contributed by atoms with Gasteiger partial charge in [0.2, 0.25) is 0 Å². The predicted molar refractivity (Wildman–Crippen MR) is 122 cm³/mol. The molecule has 0 fully saturated rings. The van der Waals surface area contributed by atoms with Crippen molar-refractivity contribution in [1.29, 1.82) is 0 Å². The first-order valence-corrected chi connectivity index (χ1v) is 11.0. The molecule has 1 atom stereocenters. The van der Waals surface area contributed by atoms with Crippen molar-refractivity contribution in [3.05, 3.63) is 71.4 Å². The Hall–Kier alpha value is -2.95. The molecule has 1 unspecified atom stereocenters. The average Bonchev–Trinajstić information content (AvgIpc) is 2.79. The van der Waals surface area contributed by atoms with Crippen LogP contribution in [0.1, 0.15) is 30.9 Å². The first kappa shape index (κ1) is 22.7. The van der Waals surface area contributed by atoms with E-state index in [1.165, 1.54) is 16.7 Å². The quantitative estimate of drug-likeness (QED) is 0.521. The minimum Gasteiger partial charge on any atom is -0.493 e. The van der Waals surface area contributed by atoms with E-state index in [0.29, 0.717) is 13.0 Å². The summed E-state index contributed by atoms with van der Waals surface area (Å²) >= 11 is 0. The summed E-state index contributed by atoms with van der Waals surface area (Å²) in [6.45, 7) is 4.14. The summed E-state index contributed by atoms with van der Waals surface area (Å²) in [7, 11) is 3.31. The molecule has 1 aliphatic rings. The van der Waals surface area contributed by atoms with Gasteiger partial charge in [0, 0.05) is 13.1 Å². The molecule has 3 rings (SSSR count). The number of carbonyl (C=O) groups excluding carboxylic acids is 1. The fraction of sp³-hybridized carbons (Fsp3) is 0.423. The maximum absolute atomic E-state index is 12.1. The second-order valence-corrected chi connectivity index (χ2v) is 7.84. The first-order chi connectivity index (χ1) is 15.1. The smallest absolute Gasteiger partial charge is 0.306 e. The summed E-state index contributed by atoms with van der Waals surface area (Å²) in [6.07, 6.45) is 5.45. The van der Waals surface area contributed by atoms with Crippen LogP contribution in [0.25, 0.3) is 0 Å². The molecule has 1 aliphatic heterocycles. The molecule has 0 radical (unpaired) electrons. The first-order valence-electron chi connectivity index (χ1n) is 11.0. The number of esters is 1. The van der Waals surface area contributed by atoms with Crippen LogP contribution in [0.15, 0.2) is 60.3 Å². The molecule has 0 N–H and O–H groups in total. The second kappa shape index (κ2) is 11.4. The van der Waals surface area contributed by atoms with Gasteiger partial charge in [-0.25, -0.2) is 0 Å². The third kappa shape index (κ3) is 6.51. The van der Waals surface area contributed by atoms with Gasteiger partial charge in [-0.3, -0.25) is 4.79 Å². The summed E-state index contributed by atoms with van der Waals surface area (Å²) < 4.78 is 16.0. The number of hydrogen-bond donors (Lipinski definition) is 0. The van der Waals surface area contributed by atoms with Crippen molar-refractivity contribution in [3.63, 3.8) is 0 Å². The van der Waals surface area contributed by atoms with E-state index >= 15 is 0 Å². The van der Waals surface area contributed by atoms with Crippen molar-refractivity contribution in [2.45, 2.75) is 32.6 Å². The largest absolute Gasteiger partial charge is 0.493 e. The van der Waals surface area contributed by atoms with Crippen LogP contribution in [0.5, 0.6) is 11.5 Å². The van der Waals surface area contributed by atoms with Gasteiger partial charge in [0.15, 0.2) is 11.5 Å². The summed E-state index contributed by atoms with van der Waals surface area (Å²) in [4.78, 5) is 14.5. The molecule has 0 bridgehead atoms. The van der Waals surface area contributed by atoms with Gasteiger partial charge in [-0.2, -0.15) is 0 Å². The van der Waals surface area contributed by atoms with Crippen LogP contribution in [-0.2, 0) is 22.4 Å². The lowest BCUT2D eigenvalue weighted by Crippen LogP contribution is -2.31. The Morgan fingerprint density at radius 3 is 2.52 bits per heavy atom. The van der Waals surface area contributed by atoms with Crippen molar-refractivity contribution in [2.24, 2.45) is 5.92 Å². The Bertz CT molecular complexity index is 878. The van der Waals surface area contributed by atoms with E-state index in [0.717, 1.165) is 43.9 Å². The van der Waals surface area contributed by atoms with Crippen molar-refractivity contribution >= 4 is 5.97 Å². The molecular weight excluding hydrogens is 390 g/mol. The Balaban J connectivity index is 1.70. The Morgan fingerprint density at radius 1 is 1.03 bits per heavy atom. The molecule has 0 saturated heterocycles. The molecule has 2 aromatic rings. The van der Waals surface area contributed by atoms with Crippen LogP contribution >= 0.6 is 0 Å². The number of methoxy groups -OCH3 is 2. The van der Waals surface area contributed by atoms with Crippen LogP contribution in [0.2, 0.25) is 0 Å². The Kier molecular flexibility index (Phi) is 8.39. The number of benzene rings is 2. The molecule has 0 spiro atoms. The second-order valence-electron chi connectivity index (χ2n) is 7.84. The van der Waals surface area contributed by atoms with Crippen molar-refractivity contribution in [2.75, 3.05) is 33.9 Å². The number of rotatable bonds is 10. The van der Waals surface area contributed by atoms with Gasteiger partial charge in [-0.05, 0) is 67.1 Å². The SMILES string of the molecule is CCOC(=O)CC1CCN(CCc2ccc(OC)c(OC)c2)C=C1Cc1ccccc1. The van der Waals surface area contributed by atoms with Crippen molar-refractivity contribution < 1.29 is 19.0 Å². The highest BCUT2D eigenvalue weighted by atomic mass is 16.5. The molecule has 2 aromatic carbocycles. The summed E-state index contributed by atoms with van der Waals surface area (Å²) in [5.74, 6) is 1.63. The van der Waals surface area contributed by atoms with Crippen LogP contribution in [-0.4, -0.2) is 44.8 Å². The average molecular weight is 424 g/mol. The lowest BCUT2D eigenvalue weighted by molar-refractivity contribution is -0.144. The minimum absolute atomic E-state index is 0.106. The lowest BCUT2D eigenvalue weighted by Gasteiger charge is -2.32. The molecule has 0 aliphatic carbocycles. The topological polar surface area (TPSA) is 48.0 Å². The molecular formula is C26H33NO4. The number of allylic oxidation sites excluding steroid dienone is 1. The van der Waals surface area contributed by atoms with Crippen LogP contribution in [0, 0.1) is 5.92 Å². The summed E-state index contributed by atoms with van der Waals surface area (Å²) in [5.41, 5.74) is 3.78. The third-order valence-electron chi connectivity index (χ3n) is 5.74. The number of hydrogen-bond acceptors (Lipinski definition) is 5. The maximum atomic E-state index is 12.1. The summed E-state index contributed by atoms with van der Waals surface area (Å²) in [6, 6.07) is 16.5. The molecule has 5 heteroatoms. The predicted octanol–water partition coefficient (Wildman–Crippen LogP) is 4.65. The third-order valence-corrected chi connectivity index (χ3v) is 5.74. The van der Waals surface area contributed by atoms with Gasteiger partial charge in [0.25, 0.3) is 0 Å².